The highest BCUT2D eigenvalue weighted by molar-refractivity contribution is 14.1. The number of hydrogen-bond donors (Lipinski definition) is 1. The molecule has 0 amide bonds. The largest absolute Gasteiger partial charge is 0.320 e. The van der Waals surface area contributed by atoms with Crippen LogP contribution in [-0.4, -0.2) is 0 Å². The van der Waals surface area contributed by atoms with E-state index in [4.69, 9.17) is 5.73 Å². The highest BCUT2D eigenvalue weighted by Gasteiger charge is 2.13. The third kappa shape index (κ3) is 4.06. The van der Waals surface area contributed by atoms with Gasteiger partial charge in [-0.1, -0.05) is 54.0 Å². The van der Waals surface area contributed by atoms with Crippen LogP contribution in [0.25, 0.3) is 0 Å². The van der Waals surface area contributed by atoms with Crippen LogP contribution in [0.4, 0.5) is 0 Å². The van der Waals surface area contributed by atoms with Crippen molar-refractivity contribution < 1.29 is 0 Å². The lowest BCUT2D eigenvalue weighted by Crippen LogP contribution is -2.13. The minimum Gasteiger partial charge on any atom is -0.320 e. The first kappa shape index (κ1) is 16.0. The monoisotopic (exact) mass is 443 g/mol. The number of hydrogen-bond acceptors (Lipinski definition) is 1. The van der Waals surface area contributed by atoms with Gasteiger partial charge in [0.1, 0.15) is 0 Å². The van der Waals surface area contributed by atoms with Crippen molar-refractivity contribution in [3.63, 3.8) is 0 Å². The molecule has 0 saturated heterocycles. The molecule has 106 valence electrons. The van der Waals surface area contributed by atoms with Gasteiger partial charge >= 0.3 is 0 Å². The molecule has 1 atom stereocenters. The van der Waals surface area contributed by atoms with E-state index in [1.54, 1.807) is 0 Å². The van der Waals surface area contributed by atoms with Gasteiger partial charge in [-0.15, -0.1) is 0 Å². The van der Waals surface area contributed by atoms with Gasteiger partial charge in [0.05, 0.1) is 6.04 Å². The Kier molecular flexibility index (Phi) is 5.64. The maximum absolute atomic E-state index is 6.45. The standard InChI is InChI=1S/C17H19BrIN/c1-11(2)8-12-4-3-5-13(9-12)17(20)15-10-14(19)6-7-16(15)18/h3-7,9-11,17H,8,20H2,1-2H3. The zero-order valence-corrected chi connectivity index (χ0v) is 15.5. The smallest absolute Gasteiger partial charge is 0.0563 e. The van der Waals surface area contributed by atoms with Gasteiger partial charge in [-0.2, -0.15) is 0 Å². The Bertz CT molecular complexity index is 595. The van der Waals surface area contributed by atoms with Crippen LogP contribution in [0, 0.1) is 9.49 Å². The zero-order valence-electron chi connectivity index (χ0n) is 11.7. The van der Waals surface area contributed by atoms with Gasteiger partial charge in [-0.05, 0) is 69.8 Å². The van der Waals surface area contributed by atoms with Gasteiger partial charge in [0.15, 0.2) is 0 Å². The van der Waals surface area contributed by atoms with E-state index in [2.05, 4.69) is 94.8 Å². The summed E-state index contributed by atoms with van der Waals surface area (Å²) in [5.74, 6) is 0.658. The third-order valence-corrected chi connectivity index (χ3v) is 4.64. The minimum atomic E-state index is -0.0915. The molecule has 0 bridgehead atoms. The van der Waals surface area contributed by atoms with Crippen LogP contribution in [0.15, 0.2) is 46.9 Å². The lowest BCUT2D eigenvalue weighted by molar-refractivity contribution is 0.646. The van der Waals surface area contributed by atoms with Gasteiger partial charge in [0, 0.05) is 8.04 Å². The molecule has 2 aromatic rings. The molecule has 1 nitrogen and oxygen atoms in total. The molecule has 2 aromatic carbocycles. The summed E-state index contributed by atoms with van der Waals surface area (Å²) in [6, 6.07) is 14.8. The first-order valence-electron chi connectivity index (χ1n) is 6.76. The summed E-state index contributed by atoms with van der Waals surface area (Å²) in [6.45, 7) is 4.48. The first-order chi connectivity index (χ1) is 9.47. The average molecular weight is 444 g/mol. The van der Waals surface area contributed by atoms with Crippen molar-refractivity contribution in [3.05, 3.63) is 67.2 Å². The molecule has 0 radical (unpaired) electrons. The van der Waals surface area contributed by atoms with Crippen molar-refractivity contribution in [2.24, 2.45) is 11.7 Å². The Morgan fingerprint density at radius 2 is 1.90 bits per heavy atom. The van der Waals surface area contributed by atoms with Crippen molar-refractivity contribution in [1.82, 2.24) is 0 Å². The highest BCUT2D eigenvalue weighted by Crippen LogP contribution is 2.29. The summed E-state index contributed by atoms with van der Waals surface area (Å²) in [4.78, 5) is 0. The van der Waals surface area contributed by atoms with Gasteiger partial charge < -0.3 is 5.73 Å². The summed E-state index contributed by atoms with van der Waals surface area (Å²) in [6.07, 6.45) is 1.09. The Morgan fingerprint density at radius 1 is 1.15 bits per heavy atom. The molecular weight excluding hydrogens is 425 g/mol. The highest BCUT2D eigenvalue weighted by atomic mass is 127. The van der Waals surface area contributed by atoms with E-state index in [0.717, 1.165) is 16.5 Å². The van der Waals surface area contributed by atoms with Gasteiger partial charge in [-0.25, -0.2) is 0 Å². The SMILES string of the molecule is CC(C)Cc1cccc(C(N)c2cc(I)ccc2Br)c1. The van der Waals surface area contributed by atoms with Crippen LogP contribution < -0.4 is 5.73 Å². The fourth-order valence-electron chi connectivity index (χ4n) is 2.32. The number of rotatable bonds is 4. The molecule has 0 heterocycles. The van der Waals surface area contributed by atoms with Crippen LogP contribution in [0.5, 0.6) is 0 Å². The number of benzene rings is 2. The summed E-state index contributed by atoms with van der Waals surface area (Å²) in [5, 5.41) is 0. The average Bonchev–Trinajstić information content (AvgIpc) is 2.40. The second-order valence-electron chi connectivity index (χ2n) is 5.49. The van der Waals surface area contributed by atoms with E-state index >= 15 is 0 Å². The molecule has 0 aromatic heterocycles. The second-order valence-corrected chi connectivity index (χ2v) is 7.59. The molecule has 20 heavy (non-hydrogen) atoms. The number of nitrogens with two attached hydrogens (primary N) is 1. The zero-order chi connectivity index (χ0) is 14.7. The molecule has 2 N–H and O–H groups in total. The Labute approximate surface area is 143 Å². The van der Waals surface area contributed by atoms with Crippen LogP contribution in [0.3, 0.4) is 0 Å². The normalized spacial score (nSPS) is 12.7. The maximum atomic E-state index is 6.45. The predicted octanol–water partition coefficient (Wildman–Crippen LogP) is 5.30. The maximum Gasteiger partial charge on any atom is 0.0563 e. The quantitative estimate of drug-likeness (QED) is 0.637. The third-order valence-electron chi connectivity index (χ3n) is 3.25. The van der Waals surface area contributed by atoms with Crippen LogP contribution >= 0.6 is 38.5 Å². The predicted molar refractivity (Wildman–Crippen MR) is 97.9 cm³/mol. The molecule has 0 aliphatic heterocycles. The summed E-state index contributed by atoms with van der Waals surface area (Å²) < 4.78 is 2.27. The fourth-order valence-corrected chi connectivity index (χ4v) is 3.33. The van der Waals surface area contributed by atoms with Crippen molar-refractivity contribution in [2.75, 3.05) is 0 Å². The van der Waals surface area contributed by atoms with E-state index in [1.807, 2.05) is 0 Å². The molecule has 2 rings (SSSR count). The molecule has 1 unspecified atom stereocenters. The minimum absolute atomic E-state index is 0.0915. The molecule has 0 aliphatic carbocycles. The molecule has 0 aliphatic rings. The van der Waals surface area contributed by atoms with Gasteiger partial charge in [0.2, 0.25) is 0 Å². The van der Waals surface area contributed by atoms with Crippen molar-refractivity contribution in [1.29, 1.82) is 0 Å². The lowest BCUT2D eigenvalue weighted by atomic mass is 9.95. The molecule has 0 saturated carbocycles. The van der Waals surface area contributed by atoms with Gasteiger partial charge in [-0.3, -0.25) is 0 Å². The van der Waals surface area contributed by atoms with Gasteiger partial charge in [0.25, 0.3) is 0 Å². The van der Waals surface area contributed by atoms with Crippen molar-refractivity contribution >= 4 is 38.5 Å². The summed E-state index contributed by atoms with van der Waals surface area (Å²) >= 11 is 5.92. The van der Waals surface area contributed by atoms with E-state index in [9.17, 15) is 0 Å². The van der Waals surface area contributed by atoms with Crippen LogP contribution in [-0.2, 0) is 6.42 Å². The summed E-state index contributed by atoms with van der Waals surface area (Å²) in [5.41, 5.74) is 10.1. The Morgan fingerprint density at radius 3 is 2.60 bits per heavy atom. The molecule has 3 heteroatoms. The summed E-state index contributed by atoms with van der Waals surface area (Å²) in [7, 11) is 0. The number of halogens is 2. The van der Waals surface area contributed by atoms with Crippen molar-refractivity contribution in [3.8, 4) is 0 Å². The molecular formula is C17H19BrIN. The van der Waals surface area contributed by atoms with E-state index < -0.39 is 0 Å². The van der Waals surface area contributed by atoms with Crippen LogP contribution in [0.1, 0.15) is 36.6 Å². The van der Waals surface area contributed by atoms with E-state index in [1.165, 1.54) is 14.7 Å². The lowest BCUT2D eigenvalue weighted by Gasteiger charge is -2.16. The van der Waals surface area contributed by atoms with E-state index in [-0.39, 0.29) is 6.04 Å². The second kappa shape index (κ2) is 7.05. The van der Waals surface area contributed by atoms with Crippen LogP contribution in [0.2, 0.25) is 0 Å². The first-order valence-corrected chi connectivity index (χ1v) is 8.64. The topological polar surface area (TPSA) is 26.0 Å². The molecule has 0 fully saturated rings. The Balaban J connectivity index is 2.33. The van der Waals surface area contributed by atoms with E-state index in [0.29, 0.717) is 5.92 Å². The Hall–Kier alpha value is -0.390. The molecule has 0 spiro atoms. The fraction of sp³-hybridized carbons (Fsp3) is 0.294. The van der Waals surface area contributed by atoms with Crippen molar-refractivity contribution in [2.45, 2.75) is 26.3 Å².